The molecule has 0 N–H and O–H groups in total. The largest absolute Gasteiger partial charge is 0.497 e. The van der Waals surface area contributed by atoms with Gasteiger partial charge in [-0.2, -0.15) is 0 Å². The van der Waals surface area contributed by atoms with E-state index in [1.165, 1.54) is 30.4 Å². The van der Waals surface area contributed by atoms with E-state index < -0.39 is 0 Å². The van der Waals surface area contributed by atoms with Crippen molar-refractivity contribution in [2.75, 3.05) is 7.11 Å². The van der Waals surface area contributed by atoms with Crippen LogP contribution in [0, 0.1) is 0 Å². The molecule has 1 nitrogen and oxygen atoms in total. The van der Waals surface area contributed by atoms with E-state index in [9.17, 15) is 0 Å². The van der Waals surface area contributed by atoms with Crippen LogP contribution in [-0.2, 0) is 6.42 Å². The maximum Gasteiger partial charge on any atom is 0.119 e. The summed E-state index contributed by atoms with van der Waals surface area (Å²) in [7, 11) is 1.72. The number of hydrogen-bond donors (Lipinski definition) is 0. The monoisotopic (exact) mass is 188 g/mol. The molecular weight excluding hydrogens is 172 g/mol. The van der Waals surface area contributed by atoms with Crippen molar-refractivity contribution in [1.29, 1.82) is 0 Å². The molecule has 1 aliphatic rings. The van der Waals surface area contributed by atoms with Crippen molar-refractivity contribution in [3.63, 3.8) is 0 Å². The average molecular weight is 188 g/mol. The Bertz CT molecular complexity index is 341. The summed E-state index contributed by atoms with van der Waals surface area (Å²) in [5.41, 5.74) is 2.87. The first-order chi connectivity index (χ1) is 6.85. The molecule has 0 saturated heterocycles. The van der Waals surface area contributed by atoms with E-state index in [1.807, 2.05) is 6.07 Å². The Labute approximate surface area is 85.4 Å². The van der Waals surface area contributed by atoms with Gasteiger partial charge in [-0.25, -0.2) is 0 Å². The third-order valence-electron chi connectivity index (χ3n) is 3.00. The van der Waals surface area contributed by atoms with Gasteiger partial charge in [0.1, 0.15) is 5.75 Å². The van der Waals surface area contributed by atoms with Gasteiger partial charge in [0.05, 0.1) is 7.11 Å². The zero-order valence-corrected chi connectivity index (χ0v) is 8.62. The van der Waals surface area contributed by atoms with Crippen molar-refractivity contribution in [2.45, 2.75) is 25.2 Å². The molecule has 0 aliphatic heterocycles. The highest BCUT2D eigenvalue weighted by Crippen LogP contribution is 2.34. The highest BCUT2D eigenvalue weighted by Gasteiger charge is 2.17. The summed E-state index contributed by atoms with van der Waals surface area (Å²) in [5, 5.41) is 0. The van der Waals surface area contributed by atoms with Gasteiger partial charge in [-0.1, -0.05) is 12.1 Å². The van der Waals surface area contributed by atoms with Crippen LogP contribution in [0.25, 0.3) is 0 Å². The second-order valence-electron chi connectivity index (χ2n) is 3.80. The van der Waals surface area contributed by atoms with Crippen molar-refractivity contribution in [1.82, 2.24) is 0 Å². The van der Waals surface area contributed by atoms with Gasteiger partial charge in [0.25, 0.3) is 0 Å². The SMILES string of the molecule is C=CC1CCCc2cc(OC)ccc21. The quantitative estimate of drug-likeness (QED) is 0.647. The lowest BCUT2D eigenvalue weighted by Crippen LogP contribution is -2.07. The lowest BCUT2D eigenvalue weighted by Gasteiger charge is -2.23. The molecule has 1 heteroatoms. The van der Waals surface area contributed by atoms with Gasteiger partial charge in [0.2, 0.25) is 0 Å². The Kier molecular flexibility index (Phi) is 2.58. The fourth-order valence-electron chi connectivity index (χ4n) is 2.20. The molecule has 0 fully saturated rings. The van der Waals surface area contributed by atoms with Gasteiger partial charge < -0.3 is 4.74 Å². The molecule has 0 radical (unpaired) electrons. The van der Waals surface area contributed by atoms with Crippen LogP contribution >= 0.6 is 0 Å². The van der Waals surface area contributed by atoms with Crippen LogP contribution in [0.2, 0.25) is 0 Å². The number of aryl methyl sites for hydroxylation is 1. The summed E-state index contributed by atoms with van der Waals surface area (Å²) < 4.78 is 5.22. The van der Waals surface area contributed by atoms with Crippen LogP contribution in [0.5, 0.6) is 5.75 Å². The predicted octanol–water partition coefficient (Wildman–Crippen LogP) is 3.30. The molecular formula is C13H16O. The van der Waals surface area contributed by atoms with E-state index in [1.54, 1.807) is 7.11 Å². The first kappa shape index (κ1) is 9.32. The zero-order chi connectivity index (χ0) is 9.97. The summed E-state index contributed by atoms with van der Waals surface area (Å²) in [6, 6.07) is 6.38. The number of hydrogen-bond acceptors (Lipinski definition) is 1. The number of ether oxygens (including phenoxy) is 1. The molecule has 1 aromatic rings. The molecule has 74 valence electrons. The van der Waals surface area contributed by atoms with Crippen LogP contribution in [0.4, 0.5) is 0 Å². The van der Waals surface area contributed by atoms with Crippen molar-refractivity contribution >= 4 is 0 Å². The number of rotatable bonds is 2. The second-order valence-corrected chi connectivity index (χ2v) is 3.80. The maximum atomic E-state index is 5.22. The highest BCUT2D eigenvalue weighted by molar-refractivity contribution is 5.40. The van der Waals surface area contributed by atoms with E-state index in [4.69, 9.17) is 4.74 Å². The number of allylic oxidation sites excluding steroid dienone is 1. The molecule has 0 heterocycles. The average Bonchev–Trinajstić information content (AvgIpc) is 2.27. The van der Waals surface area contributed by atoms with Crippen molar-refractivity contribution in [2.24, 2.45) is 0 Å². The molecule has 1 atom stereocenters. The lowest BCUT2D eigenvalue weighted by molar-refractivity contribution is 0.413. The van der Waals surface area contributed by atoms with Crippen LogP contribution in [0.15, 0.2) is 30.9 Å². The fraction of sp³-hybridized carbons (Fsp3) is 0.385. The van der Waals surface area contributed by atoms with Crippen LogP contribution < -0.4 is 4.74 Å². The number of benzene rings is 1. The smallest absolute Gasteiger partial charge is 0.119 e. The van der Waals surface area contributed by atoms with Crippen LogP contribution in [0.1, 0.15) is 29.9 Å². The maximum absolute atomic E-state index is 5.22. The molecule has 2 rings (SSSR count). The Balaban J connectivity index is 2.40. The molecule has 0 spiro atoms. The normalized spacial score (nSPS) is 19.9. The first-order valence-electron chi connectivity index (χ1n) is 5.14. The minimum Gasteiger partial charge on any atom is -0.497 e. The lowest BCUT2D eigenvalue weighted by atomic mass is 9.83. The number of fused-ring (bicyclic) bond motifs is 1. The highest BCUT2D eigenvalue weighted by atomic mass is 16.5. The summed E-state index contributed by atoms with van der Waals surface area (Å²) in [6.45, 7) is 3.89. The van der Waals surface area contributed by atoms with Gasteiger partial charge >= 0.3 is 0 Å². The molecule has 0 amide bonds. The van der Waals surface area contributed by atoms with Gasteiger partial charge in [-0.3, -0.25) is 0 Å². The number of methoxy groups -OCH3 is 1. The van der Waals surface area contributed by atoms with Gasteiger partial charge in [0.15, 0.2) is 0 Å². The van der Waals surface area contributed by atoms with E-state index in [0.29, 0.717) is 5.92 Å². The molecule has 0 bridgehead atoms. The zero-order valence-electron chi connectivity index (χ0n) is 8.62. The van der Waals surface area contributed by atoms with E-state index in [0.717, 1.165) is 5.75 Å². The summed E-state index contributed by atoms with van der Waals surface area (Å²) >= 11 is 0. The second kappa shape index (κ2) is 3.87. The standard InChI is InChI=1S/C13H16O/c1-3-10-5-4-6-11-9-12(14-2)7-8-13(10)11/h3,7-10H,1,4-6H2,2H3. The topological polar surface area (TPSA) is 9.23 Å². The molecule has 0 aromatic heterocycles. The minimum absolute atomic E-state index is 0.546. The Morgan fingerprint density at radius 3 is 3.07 bits per heavy atom. The Morgan fingerprint density at radius 1 is 1.50 bits per heavy atom. The molecule has 0 saturated carbocycles. The van der Waals surface area contributed by atoms with Crippen molar-refractivity contribution in [3.05, 3.63) is 42.0 Å². The molecule has 1 aromatic carbocycles. The Morgan fingerprint density at radius 2 is 2.36 bits per heavy atom. The van der Waals surface area contributed by atoms with E-state index >= 15 is 0 Å². The third kappa shape index (κ3) is 1.54. The molecule has 1 unspecified atom stereocenters. The summed E-state index contributed by atoms with van der Waals surface area (Å²) in [5.74, 6) is 1.51. The van der Waals surface area contributed by atoms with Crippen LogP contribution in [-0.4, -0.2) is 7.11 Å². The van der Waals surface area contributed by atoms with Gasteiger partial charge in [0, 0.05) is 5.92 Å². The third-order valence-corrected chi connectivity index (χ3v) is 3.00. The minimum atomic E-state index is 0.546. The molecule has 14 heavy (non-hydrogen) atoms. The van der Waals surface area contributed by atoms with Gasteiger partial charge in [-0.05, 0) is 42.5 Å². The first-order valence-corrected chi connectivity index (χ1v) is 5.14. The van der Waals surface area contributed by atoms with Crippen molar-refractivity contribution in [3.8, 4) is 5.75 Å². The fourth-order valence-corrected chi connectivity index (χ4v) is 2.20. The Hall–Kier alpha value is -1.24. The van der Waals surface area contributed by atoms with E-state index in [2.05, 4.69) is 24.8 Å². The summed E-state index contributed by atoms with van der Waals surface area (Å²) in [4.78, 5) is 0. The van der Waals surface area contributed by atoms with Crippen LogP contribution in [0.3, 0.4) is 0 Å². The predicted molar refractivity (Wildman–Crippen MR) is 58.9 cm³/mol. The van der Waals surface area contributed by atoms with E-state index in [-0.39, 0.29) is 0 Å². The summed E-state index contributed by atoms with van der Waals surface area (Å²) in [6.07, 6.45) is 5.74. The molecule has 1 aliphatic carbocycles. The van der Waals surface area contributed by atoms with Crippen molar-refractivity contribution < 1.29 is 4.74 Å². The van der Waals surface area contributed by atoms with Gasteiger partial charge in [-0.15, -0.1) is 6.58 Å².